The zero-order chi connectivity index (χ0) is 11.7. The Kier molecular flexibility index (Phi) is 2.68. The Balaban J connectivity index is 1.73. The second kappa shape index (κ2) is 4.33. The van der Waals surface area contributed by atoms with Crippen LogP contribution in [0.5, 0.6) is 0 Å². The molecule has 0 saturated heterocycles. The third-order valence-corrected chi connectivity index (χ3v) is 3.49. The second-order valence-electron chi connectivity index (χ2n) is 4.30. The van der Waals surface area contributed by atoms with Gasteiger partial charge in [-0.1, -0.05) is 0 Å². The summed E-state index contributed by atoms with van der Waals surface area (Å²) in [7, 11) is 0. The molecule has 1 aliphatic rings. The number of nitrogens with two attached hydrogens (primary N) is 1. The number of nitrogens with one attached hydrogen (secondary N) is 1. The second-order valence-corrected chi connectivity index (χ2v) is 5.08. The van der Waals surface area contributed by atoms with Gasteiger partial charge < -0.3 is 11.1 Å². The van der Waals surface area contributed by atoms with Gasteiger partial charge in [-0.25, -0.2) is 9.97 Å². The van der Waals surface area contributed by atoms with E-state index in [0.717, 1.165) is 18.2 Å². The van der Waals surface area contributed by atoms with Crippen LogP contribution in [-0.2, 0) is 6.54 Å². The molecule has 1 aliphatic carbocycles. The van der Waals surface area contributed by atoms with Crippen molar-refractivity contribution in [3.8, 4) is 0 Å². The monoisotopic (exact) mass is 246 g/mol. The summed E-state index contributed by atoms with van der Waals surface area (Å²) in [6, 6.07) is 3.89. The van der Waals surface area contributed by atoms with Gasteiger partial charge in [-0.3, -0.25) is 0 Å². The Bertz CT molecular complexity index is 505. The molecule has 0 amide bonds. The van der Waals surface area contributed by atoms with E-state index in [0.29, 0.717) is 11.7 Å². The molecule has 0 bridgehead atoms. The molecule has 0 atom stereocenters. The SMILES string of the molecule is Nc1cc(NCc2ccsc2)nc(C2CC2)n1. The molecule has 17 heavy (non-hydrogen) atoms. The van der Waals surface area contributed by atoms with E-state index in [4.69, 9.17) is 5.73 Å². The minimum absolute atomic E-state index is 0.528. The molecular formula is C12H14N4S. The summed E-state index contributed by atoms with van der Waals surface area (Å²) in [5, 5.41) is 7.48. The molecule has 0 aliphatic heterocycles. The minimum atomic E-state index is 0.528. The van der Waals surface area contributed by atoms with E-state index < -0.39 is 0 Å². The molecule has 3 N–H and O–H groups in total. The van der Waals surface area contributed by atoms with Gasteiger partial charge in [0.1, 0.15) is 17.5 Å². The average Bonchev–Trinajstić information content (AvgIpc) is 3.04. The van der Waals surface area contributed by atoms with E-state index in [-0.39, 0.29) is 0 Å². The fourth-order valence-electron chi connectivity index (χ4n) is 1.69. The summed E-state index contributed by atoms with van der Waals surface area (Å²) >= 11 is 1.70. The maximum Gasteiger partial charge on any atom is 0.136 e. The Morgan fingerprint density at radius 3 is 3.00 bits per heavy atom. The average molecular weight is 246 g/mol. The molecular weight excluding hydrogens is 232 g/mol. The normalized spacial score (nSPS) is 14.8. The Morgan fingerprint density at radius 2 is 2.29 bits per heavy atom. The molecule has 1 saturated carbocycles. The highest BCUT2D eigenvalue weighted by Gasteiger charge is 2.27. The summed E-state index contributed by atoms with van der Waals surface area (Å²) in [4.78, 5) is 8.77. The van der Waals surface area contributed by atoms with Crippen molar-refractivity contribution in [3.05, 3.63) is 34.3 Å². The van der Waals surface area contributed by atoms with Gasteiger partial charge in [0.25, 0.3) is 0 Å². The first-order chi connectivity index (χ1) is 8.31. The molecule has 0 radical (unpaired) electrons. The summed E-state index contributed by atoms with van der Waals surface area (Å²) in [6.45, 7) is 0.782. The van der Waals surface area contributed by atoms with E-state index in [2.05, 4.69) is 32.1 Å². The topological polar surface area (TPSA) is 63.8 Å². The van der Waals surface area contributed by atoms with Crippen LogP contribution < -0.4 is 11.1 Å². The number of aromatic nitrogens is 2. The first-order valence-corrected chi connectivity index (χ1v) is 6.65. The Labute approximate surface area is 104 Å². The standard InChI is InChI=1S/C12H14N4S/c13-10-5-11(14-6-8-3-4-17-7-8)16-12(15-10)9-1-2-9/h3-5,7,9H,1-2,6H2,(H3,13,14,15,16). The third-order valence-electron chi connectivity index (χ3n) is 2.76. The van der Waals surface area contributed by atoms with E-state index in [9.17, 15) is 0 Å². The molecule has 2 heterocycles. The van der Waals surface area contributed by atoms with Gasteiger partial charge >= 0.3 is 0 Å². The van der Waals surface area contributed by atoms with Crippen LogP contribution in [0.1, 0.15) is 30.1 Å². The van der Waals surface area contributed by atoms with Crippen molar-refractivity contribution in [2.45, 2.75) is 25.3 Å². The van der Waals surface area contributed by atoms with Crippen LogP contribution in [0.25, 0.3) is 0 Å². The lowest BCUT2D eigenvalue weighted by molar-refractivity contribution is 0.926. The Hall–Kier alpha value is -1.62. The van der Waals surface area contributed by atoms with Gasteiger partial charge in [-0.05, 0) is 35.2 Å². The maximum absolute atomic E-state index is 5.78. The van der Waals surface area contributed by atoms with Crippen LogP contribution in [0, 0.1) is 0 Å². The third kappa shape index (κ3) is 2.55. The van der Waals surface area contributed by atoms with E-state index in [1.807, 2.05) is 0 Å². The molecule has 0 unspecified atom stereocenters. The lowest BCUT2D eigenvalue weighted by atomic mass is 10.3. The van der Waals surface area contributed by atoms with Crippen LogP contribution in [0.3, 0.4) is 0 Å². The van der Waals surface area contributed by atoms with Gasteiger partial charge in [0, 0.05) is 18.5 Å². The van der Waals surface area contributed by atoms with Crippen molar-refractivity contribution in [2.24, 2.45) is 0 Å². The van der Waals surface area contributed by atoms with Crippen LogP contribution in [0.4, 0.5) is 11.6 Å². The summed E-state index contributed by atoms with van der Waals surface area (Å²) in [6.07, 6.45) is 2.38. The van der Waals surface area contributed by atoms with Gasteiger partial charge in [-0.15, -0.1) is 0 Å². The molecule has 5 heteroatoms. The van der Waals surface area contributed by atoms with Crippen molar-refractivity contribution in [2.75, 3.05) is 11.1 Å². The summed E-state index contributed by atoms with van der Waals surface area (Å²) in [5.74, 6) is 2.79. The number of nitrogen functional groups attached to an aromatic ring is 1. The quantitative estimate of drug-likeness (QED) is 0.870. The predicted octanol–water partition coefficient (Wildman–Crippen LogP) is 2.61. The smallest absolute Gasteiger partial charge is 0.136 e. The number of hydrogen-bond donors (Lipinski definition) is 2. The highest BCUT2D eigenvalue weighted by molar-refractivity contribution is 7.07. The van der Waals surface area contributed by atoms with Gasteiger partial charge in [0.05, 0.1) is 0 Å². The highest BCUT2D eigenvalue weighted by atomic mass is 32.1. The molecule has 2 aromatic heterocycles. The van der Waals surface area contributed by atoms with Gasteiger partial charge in [0.2, 0.25) is 0 Å². The number of anilines is 2. The zero-order valence-electron chi connectivity index (χ0n) is 9.39. The zero-order valence-corrected chi connectivity index (χ0v) is 10.2. The van der Waals surface area contributed by atoms with Gasteiger partial charge in [0.15, 0.2) is 0 Å². The molecule has 0 spiro atoms. The highest BCUT2D eigenvalue weighted by Crippen LogP contribution is 2.38. The molecule has 3 rings (SSSR count). The van der Waals surface area contributed by atoms with Crippen LogP contribution in [0.15, 0.2) is 22.9 Å². The molecule has 88 valence electrons. The molecule has 0 aromatic carbocycles. The molecule has 1 fully saturated rings. The van der Waals surface area contributed by atoms with Crippen molar-refractivity contribution < 1.29 is 0 Å². The predicted molar refractivity (Wildman–Crippen MR) is 70.1 cm³/mol. The van der Waals surface area contributed by atoms with Gasteiger partial charge in [-0.2, -0.15) is 11.3 Å². The fraction of sp³-hybridized carbons (Fsp3) is 0.333. The van der Waals surface area contributed by atoms with Crippen LogP contribution in [-0.4, -0.2) is 9.97 Å². The van der Waals surface area contributed by atoms with Crippen molar-refractivity contribution >= 4 is 23.0 Å². The Morgan fingerprint density at radius 1 is 1.41 bits per heavy atom. The van der Waals surface area contributed by atoms with Crippen LogP contribution in [0.2, 0.25) is 0 Å². The lowest BCUT2D eigenvalue weighted by Crippen LogP contribution is -2.05. The maximum atomic E-state index is 5.78. The number of hydrogen-bond acceptors (Lipinski definition) is 5. The fourth-order valence-corrected chi connectivity index (χ4v) is 2.35. The number of nitrogens with zero attached hydrogens (tertiary/aromatic N) is 2. The van der Waals surface area contributed by atoms with Crippen LogP contribution >= 0.6 is 11.3 Å². The minimum Gasteiger partial charge on any atom is -0.384 e. The largest absolute Gasteiger partial charge is 0.384 e. The lowest BCUT2D eigenvalue weighted by Gasteiger charge is -2.07. The van der Waals surface area contributed by atoms with Crippen molar-refractivity contribution in [3.63, 3.8) is 0 Å². The van der Waals surface area contributed by atoms with E-state index in [1.54, 1.807) is 17.4 Å². The summed E-state index contributed by atoms with van der Waals surface area (Å²) in [5.41, 5.74) is 7.05. The van der Waals surface area contributed by atoms with Crippen molar-refractivity contribution in [1.29, 1.82) is 0 Å². The number of rotatable bonds is 4. The van der Waals surface area contributed by atoms with E-state index in [1.165, 1.54) is 18.4 Å². The summed E-state index contributed by atoms with van der Waals surface area (Å²) < 4.78 is 0. The first kappa shape index (κ1) is 10.5. The first-order valence-electron chi connectivity index (χ1n) is 5.70. The molecule has 4 nitrogen and oxygen atoms in total. The number of thiophene rings is 1. The van der Waals surface area contributed by atoms with E-state index >= 15 is 0 Å². The molecule has 2 aromatic rings. The van der Waals surface area contributed by atoms with Crippen molar-refractivity contribution in [1.82, 2.24) is 9.97 Å².